The fraction of sp³-hybridized carbons (Fsp3) is 0.708. The molecule has 1 rings (SSSR count). The van der Waals surface area contributed by atoms with Gasteiger partial charge in [-0.25, -0.2) is 0 Å². The number of nitriles is 2. The molecule has 0 aromatic carbocycles. The van der Waals surface area contributed by atoms with E-state index in [4.69, 9.17) is 24.7 Å². The molecule has 0 aromatic heterocycles. The van der Waals surface area contributed by atoms with Gasteiger partial charge in [-0.1, -0.05) is 0 Å². The molecule has 1 heterocycles. The van der Waals surface area contributed by atoms with Gasteiger partial charge in [0.1, 0.15) is 0 Å². The van der Waals surface area contributed by atoms with Crippen LogP contribution in [0.4, 0.5) is 0 Å². The summed E-state index contributed by atoms with van der Waals surface area (Å²) in [6.07, 6.45) is 4.70. The molecule has 3 amide bonds. The van der Waals surface area contributed by atoms with Crippen LogP contribution in [0.25, 0.3) is 0 Å². The zero-order valence-electron chi connectivity index (χ0n) is 20.9. The zero-order chi connectivity index (χ0) is 26.3. The van der Waals surface area contributed by atoms with E-state index in [1.165, 1.54) is 17.1 Å². The first kappa shape index (κ1) is 31.2. The van der Waals surface area contributed by atoms with Gasteiger partial charge in [0.25, 0.3) is 11.8 Å². The second-order valence-electron chi connectivity index (χ2n) is 7.89. The number of hydrogen-bond acceptors (Lipinski definition) is 10. The van der Waals surface area contributed by atoms with Gasteiger partial charge in [0.05, 0.1) is 71.2 Å². The molecule has 0 saturated carbocycles. The molecule has 0 bridgehead atoms. The van der Waals surface area contributed by atoms with Crippen molar-refractivity contribution in [1.29, 1.82) is 10.5 Å². The number of nitrogens with one attached hydrogen (secondary N) is 2. The Morgan fingerprint density at radius 3 is 1.94 bits per heavy atom. The Kier molecular flexibility index (Phi) is 18.5. The molecule has 1 aliphatic rings. The van der Waals surface area contributed by atoms with Gasteiger partial charge >= 0.3 is 0 Å². The third-order valence-corrected chi connectivity index (χ3v) is 5.11. The molecule has 12 nitrogen and oxygen atoms in total. The molecule has 0 aromatic rings. The number of imide groups is 1. The lowest BCUT2D eigenvalue weighted by atomic mass is 10.3. The highest BCUT2D eigenvalue weighted by molar-refractivity contribution is 6.12. The quantitative estimate of drug-likeness (QED) is 0.138. The predicted molar refractivity (Wildman–Crippen MR) is 130 cm³/mol. The average Bonchev–Trinajstić information content (AvgIpc) is 3.19. The Hall–Kier alpha value is -2.87. The van der Waals surface area contributed by atoms with Crippen LogP contribution in [0.1, 0.15) is 25.7 Å². The highest BCUT2D eigenvalue weighted by Gasteiger charge is 2.22. The molecule has 0 radical (unpaired) electrons. The molecule has 0 atom stereocenters. The van der Waals surface area contributed by atoms with Crippen molar-refractivity contribution >= 4 is 17.7 Å². The minimum Gasteiger partial charge on any atom is -0.379 e. The van der Waals surface area contributed by atoms with Crippen molar-refractivity contribution in [2.24, 2.45) is 0 Å². The molecule has 1 aliphatic heterocycles. The van der Waals surface area contributed by atoms with Gasteiger partial charge in [-0.15, -0.1) is 0 Å². The van der Waals surface area contributed by atoms with E-state index < -0.39 is 0 Å². The normalized spacial score (nSPS) is 12.8. The van der Waals surface area contributed by atoms with Gasteiger partial charge < -0.3 is 24.8 Å². The Morgan fingerprint density at radius 2 is 1.39 bits per heavy atom. The van der Waals surface area contributed by atoms with Crippen LogP contribution in [0.3, 0.4) is 0 Å². The molecule has 0 spiro atoms. The summed E-state index contributed by atoms with van der Waals surface area (Å²) >= 11 is 0. The number of rotatable bonds is 23. The first-order valence-electron chi connectivity index (χ1n) is 12.3. The number of ether oxygens (including phenoxy) is 3. The molecular weight excluding hydrogens is 468 g/mol. The number of carbonyl (C=O) groups is 3. The van der Waals surface area contributed by atoms with E-state index in [9.17, 15) is 14.4 Å². The van der Waals surface area contributed by atoms with Crippen molar-refractivity contribution in [1.82, 2.24) is 20.4 Å². The van der Waals surface area contributed by atoms with Crippen LogP contribution in [0.5, 0.6) is 0 Å². The van der Waals surface area contributed by atoms with Crippen LogP contribution < -0.4 is 10.6 Å². The second kappa shape index (κ2) is 21.4. The molecule has 0 fully saturated rings. The summed E-state index contributed by atoms with van der Waals surface area (Å²) in [5.41, 5.74) is 0. The average molecular weight is 507 g/mol. The fourth-order valence-corrected chi connectivity index (χ4v) is 3.16. The SMILES string of the molecule is N#CCCOCCN(CCOCCC#N)CCOCCNC(=O)CNCCCCN1C(=O)C=CC1=O. The first-order chi connectivity index (χ1) is 17.6. The van der Waals surface area contributed by atoms with Crippen LogP contribution in [0.15, 0.2) is 12.2 Å². The summed E-state index contributed by atoms with van der Waals surface area (Å²) in [7, 11) is 0. The number of unbranched alkanes of at least 4 members (excludes halogenated alkanes) is 1. The summed E-state index contributed by atoms with van der Waals surface area (Å²) in [6.45, 7) is 6.34. The van der Waals surface area contributed by atoms with E-state index in [1.54, 1.807) is 0 Å². The highest BCUT2D eigenvalue weighted by Crippen LogP contribution is 2.05. The van der Waals surface area contributed by atoms with Crippen LogP contribution >= 0.6 is 0 Å². The van der Waals surface area contributed by atoms with Crippen molar-refractivity contribution in [3.8, 4) is 12.1 Å². The maximum atomic E-state index is 11.9. The van der Waals surface area contributed by atoms with E-state index in [-0.39, 0.29) is 24.3 Å². The Balaban J connectivity index is 2.03. The topological polar surface area (TPSA) is 157 Å². The summed E-state index contributed by atoms with van der Waals surface area (Å²) in [4.78, 5) is 38.1. The van der Waals surface area contributed by atoms with Crippen LogP contribution in [-0.2, 0) is 28.6 Å². The largest absolute Gasteiger partial charge is 0.379 e. The highest BCUT2D eigenvalue weighted by atomic mass is 16.5. The van der Waals surface area contributed by atoms with Crippen molar-refractivity contribution in [3.05, 3.63) is 12.2 Å². The van der Waals surface area contributed by atoms with Crippen molar-refractivity contribution < 1.29 is 28.6 Å². The van der Waals surface area contributed by atoms with Gasteiger partial charge in [0.15, 0.2) is 0 Å². The van der Waals surface area contributed by atoms with E-state index in [2.05, 4.69) is 15.5 Å². The minimum absolute atomic E-state index is 0.127. The number of carbonyl (C=O) groups excluding carboxylic acids is 3. The summed E-state index contributed by atoms with van der Waals surface area (Å²) in [6, 6.07) is 4.08. The molecule has 0 saturated heterocycles. The lowest BCUT2D eigenvalue weighted by Gasteiger charge is -2.22. The maximum Gasteiger partial charge on any atom is 0.253 e. The molecule has 0 aliphatic carbocycles. The summed E-state index contributed by atoms with van der Waals surface area (Å²) < 4.78 is 16.5. The lowest BCUT2D eigenvalue weighted by Crippen LogP contribution is -2.37. The molecule has 200 valence electrons. The molecule has 2 N–H and O–H groups in total. The van der Waals surface area contributed by atoms with Crippen LogP contribution in [0, 0.1) is 22.7 Å². The molecular formula is C24H38N6O6. The first-order valence-corrected chi connectivity index (χ1v) is 12.3. The third-order valence-electron chi connectivity index (χ3n) is 5.11. The Bertz CT molecular complexity index is 721. The van der Waals surface area contributed by atoms with Crippen molar-refractivity contribution in [3.63, 3.8) is 0 Å². The Labute approximate surface area is 213 Å². The standard InChI is InChI=1S/C24H38N6O6/c25-7-3-15-34-18-12-29(13-19-35-16-4-8-26)14-20-36-17-10-28-22(31)21-27-9-1-2-11-30-23(32)5-6-24(30)33/h5-6,27H,1-4,9-21H2,(H,28,31). The van der Waals surface area contributed by atoms with Crippen LogP contribution in [-0.4, -0.2) is 113 Å². The van der Waals surface area contributed by atoms with E-state index in [0.29, 0.717) is 98.2 Å². The van der Waals surface area contributed by atoms with Crippen molar-refractivity contribution in [2.75, 3.05) is 85.5 Å². The second-order valence-corrected chi connectivity index (χ2v) is 7.89. The Morgan fingerprint density at radius 1 is 0.833 bits per heavy atom. The lowest BCUT2D eigenvalue weighted by molar-refractivity contribution is -0.136. The van der Waals surface area contributed by atoms with Crippen molar-refractivity contribution in [2.45, 2.75) is 25.7 Å². The number of amides is 3. The summed E-state index contributed by atoms with van der Waals surface area (Å²) in [5.74, 6) is -0.674. The zero-order valence-corrected chi connectivity index (χ0v) is 20.9. The number of nitrogens with zero attached hydrogens (tertiary/aromatic N) is 4. The third kappa shape index (κ3) is 15.9. The molecule has 12 heteroatoms. The monoisotopic (exact) mass is 506 g/mol. The van der Waals surface area contributed by atoms with Gasteiger partial charge in [0.2, 0.25) is 5.91 Å². The van der Waals surface area contributed by atoms with Gasteiger partial charge in [-0.05, 0) is 19.4 Å². The predicted octanol–water partition coefficient (Wildman–Crippen LogP) is -0.423. The van der Waals surface area contributed by atoms with Gasteiger partial charge in [-0.3, -0.25) is 24.2 Å². The smallest absolute Gasteiger partial charge is 0.253 e. The van der Waals surface area contributed by atoms with E-state index in [1.807, 2.05) is 12.1 Å². The van der Waals surface area contributed by atoms with E-state index >= 15 is 0 Å². The fourth-order valence-electron chi connectivity index (χ4n) is 3.16. The van der Waals surface area contributed by atoms with E-state index in [0.717, 1.165) is 6.42 Å². The molecule has 36 heavy (non-hydrogen) atoms. The number of hydrogen-bond donors (Lipinski definition) is 2. The van der Waals surface area contributed by atoms with Crippen LogP contribution in [0.2, 0.25) is 0 Å². The van der Waals surface area contributed by atoms with Gasteiger partial charge in [0, 0.05) is 44.9 Å². The maximum absolute atomic E-state index is 11.9. The van der Waals surface area contributed by atoms with Gasteiger partial charge in [-0.2, -0.15) is 10.5 Å². The summed E-state index contributed by atoms with van der Waals surface area (Å²) in [5, 5.41) is 22.9. The minimum atomic E-state index is -0.274. The molecule has 0 unspecified atom stereocenters.